The summed E-state index contributed by atoms with van der Waals surface area (Å²) in [6.07, 6.45) is 12.2. The summed E-state index contributed by atoms with van der Waals surface area (Å²) in [6.45, 7) is 12.3. The molecule has 1 aliphatic carbocycles. The molecule has 70 heavy (non-hydrogen) atoms. The molecule has 0 amide bonds. The van der Waals surface area contributed by atoms with E-state index in [1.54, 1.807) is 18.2 Å². The molecular formula is C55H64O15. The molecule has 4 aromatic rings. The maximum atomic E-state index is 13.5. The van der Waals surface area contributed by atoms with E-state index in [1.807, 2.05) is 42.5 Å². The van der Waals surface area contributed by atoms with Crippen LogP contribution in [0.25, 0.3) is 10.8 Å². The summed E-state index contributed by atoms with van der Waals surface area (Å²) < 4.78 is 55.9. The predicted molar refractivity (Wildman–Crippen MR) is 262 cm³/mol. The lowest BCUT2D eigenvalue weighted by Gasteiger charge is -2.28. The summed E-state index contributed by atoms with van der Waals surface area (Å²) in [4.78, 5) is 60.8. The van der Waals surface area contributed by atoms with E-state index in [-0.39, 0.29) is 55.1 Å². The van der Waals surface area contributed by atoms with Crippen LogP contribution in [0.2, 0.25) is 0 Å². The molecule has 15 nitrogen and oxygen atoms in total. The van der Waals surface area contributed by atoms with Gasteiger partial charge in [0.25, 0.3) is 0 Å². The molecule has 0 radical (unpaired) electrons. The summed E-state index contributed by atoms with van der Waals surface area (Å²) in [6, 6.07) is 21.4. The fourth-order valence-corrected chi connectivity index (χ4v) is 7.56. The van der Waals surface area contributed by atoms with Gasteiger partial charge in [0.2, 0.25) is 0 Å². The minimum absolute atomic E-state index is 0.129. The third-order valence-corrected chi connectivity index (χ3v) is 11.3. The Morgan fingerprint density at radius 1 is 0.500 bits per heavy atom. The molecule has 5 rings (SSSR count). The molecule has 1 saturated carbocycles. The maximum absolute atomic E-state index is 13.5. The van der Waals surface area contributed by atoms with Crippen molar-refractivity contribution in [2.45, 2.75) is 83.0 Å². The van der Waals surface area contributed by atoms with Gasteiger partial charge in [0.15, 0.2) is 29.8 Å². The van der Waals surface area contributed by atoms with E-state index in [2.05, 4.69) is 19.7 Å². The van der Waals surface area contributed by atoms with Gasteiger partial charge in [0.1, 0.15) is 11.5 Å². The second kappa shape index (κ2) is 29.7. The van der Waals surface area contributed by atoms with Crippen LogP contribution in [0.15, 0.2) is 111 Å². The molecule has 0 bridgehead atoms. The smallest absolute Gasteiger partial charge is 0.343 e. The van der Waals surface area contributed by atoms with E-state index >= 15 is 0 Å². The first-order valence-electron chi connectivity index (χ1n) is 23.7. The summed E-state index contributed by atoms with van der Waals surface area (Å²) >= 11 is 0. The van der Waals surface area contributed by atoms with E-state index in [4.69, 9.17) is 47.4 Å². The summed E-state index contributed by atoms with van der Waals surface area (Å²) in [7, 11) is 1.47. The Balaban J connectivity index is 1.12. The zero-order valence-electron chi connectivity index (χ0n) is 40.0. The summed E-state index contributed by atoms with van der Waals surface area (Å²) in [5.41, 5.74) is 1.40. The van der Waals surface area contributed by atoms with Gasteiger partial charge >= 0.3 is 29.8 Å². The van der Waals surface area contributed by atoms with Crippen LogP contribution in [0.5, 0.6) is 34.5 Å². The lowest BCUT2D eigenvalue weighted by atomic mass is 9.78. The van der Waals surface area contributed by atoms with E-state index in [0.717, 1.165) is 78.8 Å². The van der Waals surface area contributed by atoms with E-state index in [0.29, 0.717) is 82.0 Å². The second-order valence-corrected chi connectivity index (χ2v) is 16.4. The van der Waals surface area contributed by atoms with Crippen LogP contribution in [0.3, 0.4) is 0 Å². The number of hydrogen-bond donors (Lipinski definition) is 0. The predicted octanol–water partition coefficient (Wildman–Crippen LogP) is 10.4. The minimum atomic E-state index is -0.601. The van der Waals surface area contributed by atoms with Gasteiger partial charge in [-0.05, 0) is 148 Å². The van der Waals surface area contributed by atoms with Crippen LogP contribution in [0.1, 0.15) is 98.9 Å². The molecule has 0 atom stereocenters. The van der Waals surface area contributed by atoms with Crippen molar-refractivity contribution >= 4 is 40.6 Å². The summed E-state index contributed by atoms with van der Waals surface area (Å²) in [5, 5.41) is 1.72. The van der Waals surface area contributed by atoms with Gasteiger partial charge in [0.05, 0.1) is 51.1 Å². The number of fused-ring (bicyclic) bond motifs is 1. The number of rotatable bonds is 31. The van der Waals surface area contributed by atoms with Crippen molar-refractivity contribution in [2.75, 3.05) is 53.5 Å². The van der Waals surface area contributed by atoms with Gasteiger partial charge in [-0.2, -0.15) is 0 Å². The van der Waals surface area contributed by atoms with E-state index in [1.165, 1.54) is 19.2 Å². The molecule has 0 heterocycles. The Morgan fingerprint density at radius 3 is 1.67 bits per heavy atom. The monoisotopic (exact) mass is 964 g/mol. The van der Waals surface area contributed by atoms with Crippen molar-refractivity contribution in [2.24, 2.45) is 5.92 Å². The number of methoxy groups -OCH3 is 1. The Morgan fingerprint density at radius 2 is 1.03 bits per heavy atom. The number of esters is 5. The Bertz CT molecular complexity index is 2380. The molecule has 0 aliphatic heterocycles. The van der Waals surface area contributed by atoms with E-state index in [9.17, 15) is 24.0 Å². The Kier molecular flexibility index (Phi) is 22.8. The minimum Gasteiger partial charge on any atom is -0.494 e. The van der Waals surface area contributed by atoms with E-state index < -0.39 is 23.9 Å². The molecule has 1 fully saturated rings. The number of hydrogen-bond acceptors (Lipinski definition) is 15. The largest absolute Gasteiger partial charge is 0.494 e. The first-order valence-corrected chi connectivity index (χ1v) is 23.7. The van der Waals surface area contributed by atoms with Crippen LogP contribution in [-0.2, 0) is 38.1 Å². The van der Waals surface area contributed by atoms with Crippen molar-refractivity contribution in [1.29, 1.82) is 0 Å². The lowest BCUT2D eigenvalue weighted by molar-refractivity contribution is -0.140. The molecular weight excluding hydrogens is 901 g/mol. The Labute approximate surface area is 409 Å². The number of carbonyl (C=O) groups is 5. The number of benzene rings is 4. The van der Waals surface area contributed by atoms with Gasteiger partial charge < -0.3 is 47.4 Å². The van der Waals surface area contributed by atoms with Gasteiger partial charge in [-0.15, -0.1) is 0 Å². The highest BCUT2D eigenvalue weighted by atomic mass is 16.7. The topological polar surface area (TPSA) is 178 Å². The summed E-state index contributed by atoms with van der Waals surface area (Å²) in [5.74, 6) is -0.00899. The highest BCUT2D eigenvalue weighted by Crippen LogP contribution is 2.40. The van der Waals surface area contributed by atoms with Crippen LogP contribution in [0, 0.1) is 5.92 Å². The lowest BCUT2D eigenvalue weighted by Crippen LogP contribution is -2.25. The highest BCUT2D eigenvalue weighted by molar-refractivity contribution is 5.97. The molecule has 0 saturated heterocycles. The maximum Gasteiger partial charge on any atom is 0.343 e. The molecule has 0 aromatic heterocycles. The Hall–Kier alpha value is -7.13. The molecule has 1 aliphatic rings. The van der Waals surface area contributed by atoms with Crippen molar-refractivity contribution in [3.05, 3.63) is 122 Å². The van der Waals surface area contributed by atoms with Crippen molar-refractivity contribution in [3.63, 3.8) is 0 Å². The van der Waals surface area contributed by atoms with Crippen molar-refractivity contribution in [1.82, 2.24) is 0 Å². The van der Waals surface area contributed by atoms with Gasteiger partial charge in [-0.1, -0.05) is 37.9 Å². The van der Waals surface area contributed by atoms with Crippen LogP contribution >= 0.6 is 0 Å². The number of carbonyl (C=O) groups excluding carboxylic acids is 5. The normalized spacial score (nSPS) is 14.1. The highest BCUT2D eigenvalue weighted by Gasteiger charge is 2.29. The van der Waals surface area contributed by atoms with Gasteiger partial charge in [-0.25, -0.2) is 19.2 Å². The molecule has 0 spiro atoms. The standard InChI is InChI=1S/C55H64O15/c1-5-51(56)65-31-11-9-8-10-28-62-45-24-22-41-34-44(21-20-42(41)35-45)55(60)70-48-27-25-46(37-50(48)68-38-61-4)69-54(59)40-18-16-39(17-19-40)43-23-26-47(63-29-12-14-32-66-52(57)6-2)49(36-43)64-30-13-15-33-67-53(58)7-3/h5-7,20-27,34-37,39-40H,1-3,8-19,28-33,38H2,4H3. The van der Waals surface area contributed by atoms with Crippen molar-refractivity contribution in [3.8, 4) is 34.5 Å². The molecule has 374 valence electrons. The van der Waals surface area contributed by atoms with Crippen molar-refractivity contribution < 1.29 is 71.3 Å². The fraction of sp³-hybridized carbons (Fsp3) is 0.400. The fourth-order valence-electron chi connectivity index (χ4n) is 7.56. The van der Waals surface area contributed by atoms with Crippen LogP contribution in [0.4, 0.5) is 0 Å². The first-order chi connectivity index (χ1) is 34.1. The molecule has 4 aromatic carbocycles. The number of ether oxygens (including phenoxy) is 10. The van der Waals surface area contributed by atoms with Gasteiger partial charge in [-0.3, -0.25) is 4.79 Å². The zero-order chi connectivity index (χ0) is 49.9. The van der Waals surface area contributed by atoms with Crippen LogP contribution < -0.4 is 28.4 Å². The average molecular weight is 965 g/mol. The second-order valence-electron chi connectivity index (χ2n) is 16.4. The third kappa shape index (κ3) is 18.1. The third-order valence-electron chi connectivity index (χ3n) is 11.3. The van der Waals surface area contributed by atoms with Crippen LogP contribution in [-0.4, -0.2) is 83.4 Å². The molecule has 0 unspecified atom stereocenters. The average Bonchev–Trinajstić information content (AvgIpc) is 3.38. The quantitative estimate of drug-likeness (QED) is 0.0116. The van der Waals surface area contributed by atoms with Gasteiger partial charge in [0, 0.05) is 31.4 Å². The molecule has 15 heteroatoms. The SMILES string of the molecule is C=CC(=O)OCCCCCCOc1ccc2cc(C(=O)Oc3ccc(OC(=O)C4CCC(c5ccc(OCCCCOC(=O)C=C)c(OCCCCOC(=O)C=C)c5)CC4)cc3OCOC)ccc2c1. The molecule has 0 N–H and O–H groups in total. The first kappa shape index (κ1) is 53.8. The zero-order valence-corrected chi connectivity index (χ0v) is 40.0. The number of unbranched alkanes of at least 4 members (excludes halogenated alkanes) is 5.